The molecule has 0 aliphatic carbocycles. The van der Waals surface area contributed by atoms with Gasteiger partial charge in [-0.15, -0.1) is 0 Å². The van der Waals surface area contributed by atoms with Crippen molar-refractivity contribution in [2.45, 2.75) is 38.9 Å². The summed E-state index contributed by atoms with van der Waals surface area (Å²) in [7, 11) is -1.96. The Morgan fingerprint density at radius 2 is 1.92 bits per heavy atom. The third-order valence-corrected chi connectivity index (χ3v) is 9.33. The second kappa shape index (κ2) is 6.22. The van der Waals surface area contributed by atoms with E-state index in [0.717, 1.165) is 35.6 Å². The highest BCUT2D eigenvalue weighted by atomic mass is 28.4. The van der Waals surface area contributed by atoms with Gasteiger partial charge in [-0.05, 0) is 35.8 Å². The number of rotatable bonds is 3. The average Bonchev–Trinajstić information content (AvgIpc) is 2.53. The Labute approximate surface area is 145 Å². The number of para-hydroxylation sites is 1. The third-order valence-electron chi connectivity index (χ3n) is 5.01. The van der Waals surface area contributed by atoms with E-state index in [9.17, 15) is 0 Å². The first-order valence-electron chi connectivity index (χ1n) is 8.50. The van der Waals surface area contributed by atoms with Crippen LogP contribution in [-0.2, 0) is 0 Å². The van der Waals surface area contributed by atoms with E-state index in [-0.39, 0.29) is 5.04 Å². The molecule has 2 N–H and O–H groups in total. The van der Waals surface area contributed by atoms with Crippen molar-refractivity contribution in [2.75, 3.05) is 13.2 Å². The van der Waals surface area contributed by atoms with Gasteiger partial charge in [0.15, 0.2) is 0 Å². The van der Waals surface area contributed by atoms with Crippen LogP contribution in [0.3, 0.4) is 0 Å². The van der Waals surface area contributed by atoms with E-state index in [0.29, 0.717) is 0 Å². The van der Waals surface area contributed by atoms with E-state index < -0.39 is 8.32 Å². The summed E-state index contributed by atoms with van der Waals surface area (Å²) in [4.78, 5) is 4.87. The van der Waals surface area contributed by atoms with Crippen molar-refractivity contribution < 1.29 is 4.43 Å². The topological polar surface area (TPSA) is 46.2 Å². The van der Waals surface area contributed by atoms with E-state index in [1.54, 1.807) is 0 Å². The highest BCUT2D eigenvalue weighted by Crippen LogP contribution is 2.39. The maximum absolute atomic E-state index is 6.59. The van der Waals surface area contributed by atoms with Crippen LogP contribution in [-0.4, -0.2) is 26.5 Å². The number of benzene rings is 1. The summed E-state index contributed by atoms with van der Waals surface area (Å²) in [6.07, 6.45) is 2.07. The standard InChI is InChI=1S/C19H27N3OSi/c1-19(2,3)24(4,5)23-18-16(15-11-20-13-21-12-15)10-14-8-6-7-9-17(14)22-18/h6-11,20-21H,12-13H2,1-5H3. The summed E-state index contributed by atoms with van der Waals surface area (Å²) >= 11 is 0. The van der Waals surface area contributed by atoms with Crippen molar-refractivity contribution in [1.29, 1.82) is 0 Å². The zero-order chi connectivity index (χ0) is 17.4. The van der Waals surface area contributed by atoms with Gasteiger partial charge in [0.05, 0.1) is 12.2 Å². The van der Waals surface area contributed by atoms with Gasteiger partial charge < -0.3 is 9.74 Å². The maximum Gasteiger partial charge on any atom is 0.252 e. The van der Waals surface area contributed by atoms with Crippen LogP contribution in [0.2, 0.25) is 18.1 Å². The Bertz CT molecular complexity index is 778. The highest BCUT2D eigenvalue weighted by Gasteiger charge is 2.40. The van der Waals surface area contributed by atoms with Gasteiger partial charge in [0.1, 0.15) is 0 Å². The van der Waals surface area contributed by atoms with Crippen LogP contribution >= 0.6 is 0 Å². The first-order chi connectivity index (χ1) is 11.3. The van der Waals surface area contributed by atoms with Crippen LogP contribution < -0.4 is 15.1 Å². The van der Waals surface area contributed by atoms with E-state index in [4.69, 9.17) is 9.41 Å². The Morgan fingerprint density at radius 3 is 2.58 bits per heavy atom. The van der Waals surface area contributed by atoms with Crippen molar-refractivity contribution >= 4 is 24.8 Å². The largest absolute Gasteiger partial charge is 0.530 e. The zero-order valence-electron chi connectivity index (χ0n) is 15.2. The number of aromatic nitrogens is 1. The molecule has 0 bridgehead atoms. The molecule has 0 saturated heterocycles. The molecule has 4 nitrogen and oxygen atoms in total. The van der Waals surface area contributed by atoms with Gasteiger partial charge in [-0.2, -0.15) is 0 Å². The fourth-order valence-electron chi connectivity index (χ4n) is 2.47. The second-order valence-corrected chi connectivity index (χ2v) is 12.6. The average molecular weight is 342 g/mol. The van der Waals surface area contributed by atoms with Gasteiger partial charge in [-0.25, -0.2) is 4.98 Å². The predicted octanol–water partition coefficient (Wildman–Crippen LogP) is 4.11. The summed E-state index contributed by atoms with van der Waals surface area (Å²) in [5, 5.41) is 7.88. The Hall–Kier alpha value is -1.85. The fourth-order valence-corrected chi connectivity index (χ4v) is 3.41. The number of hydrogen-bond donors (Lipinski definition) is 2. The van der Waals surface area contributed by atoms with Crippen molar-refractivity contribution in [3.05, 3.63) is 42.1 Å². The summed E-state index contributed by atoms with van der Waals surface area (Å²) < 4.78 is 6.59. The van der Waals surface area contributed by atoms with Gasteiger partial charge >= 0.3 is 0 Å². The minimum absolute atomic E-state index is 0.134. The monoisotopic (exact) mass is 341 g/mol. The number of hydrogen-bond acceptors (Lipinski definition) is 4. The van der Waals surface area contributed by atoms with Gasteiger partial charge in [0.25, 0.3) is 8.32 Å². The van der Waals surface area contributed by atoms with Gasteiger partial charge in [0.2, 0.25) is 5.88 Å². The van der Waals surface area contributed by atoms with Gasteiger partial charge in [-0.1, -0.05) is 39.0 Å². The molecular formula is C19H27N3OSi. The molecule has 0 radical (unpaired) electrons. The van der Waals surface area contributed by atoms with Crippen molar-refractivity contribution in [2.24, 2.45) is 0 Å². The molecule has 0 spiro atoms. The van der Waals surface area contributed by atoms with Crippen LogP contribution in [0.5, 0.6) is 5.88 Å². The van der Waals surface area contributed by atoms with Crippen molar-refractivity contribution in [3.63, 3.8) is 0 Å². The highest BCUT2D eigenvalue weighted by molar-refractivity contribution is 6.74. The zero-order valence-corrected chi connectivity index (χ0v) is 16.2. The summed E-state index contributed by atoms with van der Waals surface area (Å²) in [5.74, 6) is 0.761. The Balaban J connectivity index is 2.12. The molecule has 1 aromatic carbocycles. The van der Waals surface area contributed by atoms with E-state index in [2.05, 4.69) is 62.8 Å². The number of pyridine rings is 1. The summed E-state index contributed by atoms with van der Waals surface area (Å²) in [6.45, 7) is 12.9. The molecule has 0 fully saturated rings. The molecular weight excluding hydrogens is 314 g/mol. The Kier molecular flexibility index (Phi) is 4.40. The lowest BCUT2D eigenvalue weighted by Gasteiger charge is -2.36. The summed E-state index contributed by atoms with van der Waals surface area (Å²) in [6, 6.07) is 10.4. The molecule has 1 aliphatic heterocycles. The lowest BCUT2D eigenvalue weighted by molar-refractivity contribution is 0.476. The van der Waals surface area contributed by atoms with Crippen molar-refractivity contribution in [1.82, 2.24) is 15.6 Å². The van der Waals surface area contributed by atoms with Crippen LogP contribution in [0.25, 0.3) is 16.5 Å². The molecule has 0 amide bonds. The van der Waals surface area contributed by atoms with Gasteiger partial charge in [0, 0.05) is 23.7 Å². The molecule has 5 heteroatoms. The molecule has 24 heavy (non-hydrogen) atoms. The van der Waals surface area contributed by atoms with Crippen LogP contribution in [0.1, 0.15) is 26.3 Å². The lowest BCUT2D eigenvalue weighted by atomic mass is 10.0. The molecule has 2 heterocycles. The Morgan fingerprint density at radius 1 is 1.17 bits per heavy atom. The lowest BCUT2D eigenvalue weighted by Crippen LogP contribution is -2.44. The smallest absolute Gasteiger partial charge is 0.252 e. The number of nitrogens with zero attached hydrogens (tertiary/aromatic N) is 1. The fraction of sp³-hybridized carbons (Fsp3) is 0.421. The summed E-state index contributed by atoms with van der Waals surface area (Å²) in [5.41, 5.74) is 3.25. The first-order valence-corrected chi connectivity index (χ1v) is 11.4. The molecule has 1 aliphatic rings. The third kappa shape index (κ3) is 3.32. The molecule has 2 aromatic rings. The molecule has 3 rings (SSSR count). The first kappa shape index (κ1) is 17.0. The number of nitrogens with one attached hydrogen (secondary N) is 2. The maximum atomic E-state index is 6.59. The molecule has 0 saturated carbocycles. The SMILES string of the molecule is CC(C)(C)[Si](C)(C)Oc1nc2ccccc2cc1C1=CNCNC1. The van der Waals surface area contributed by atoms with E-state index in [1.807, 2.05) is 18.2 Å². The van der Waals surface area contributed by atoms with E-state index >= 15 is 0 Å². The molecule has 0 unspecified atom stereocenters. The van der Waals surface area contributed by atoms with Crippen LogP contribution in [0, 0.1) is 0 Å². The second-order valence-electron chi connectivity index (χ2n) is 7.87. The molecule has 0 atom stereocenters. The van der Waals surface area contributed by atoms with E-state index in [1.165, 1.54) is 5.57 Å². The van der Waals surface area contributed by atoms with Crippen LogP contribution in [0.4, 0.5) is 0 Å². The van der Waals surface area contributed by atoms with Crippen LogP contribution in [0.15, 0.2) is 36.5 Å². The quantitative estimate of drug-likeness (QED) is 0.825. The minimum Gasteiger partial charge on any atom is -0.530 e. The number of fused-ring (bicyclic) bond motifs is 1. The van der Waals surface area contributed by atoms with Crippen molar-refractivity contribution in [3.8, 4) is 5.88 Å². The molecule has 128 valence electrons. The van der Waals surface area contributed by atoms with Gasteiger partial charge in [-0.3, -0.25) is 5.32 Å². The normalized spacial score (nSPS) is 15.8. The minimum atomic E-state index is -1.96. The molecule has 1 aromatic heterocycles. The predicted molar refractivity (Wildman–Crippen MR) is 104 cm³/mol.